The summed E-state index contributed by atoms with van der Waals surface area (Å²) in [5.41, 5.74) is 3.60. The molecule has 0 aromatic carbocycles. The monoisotopic (exact) mass is 245 g/mol. The Morgan fingerprint density at radius 2 is 2.06 bits per heavy atom. The van der Waals surface area contributed by atoms with Gasteiger partial charge in [0.05, 0.1) is 11.3 Å². The van der Waals surface area contributed by atoms with Gasteiger partial charge in [-0.15, -0.1) is 0 Å². The Balaban J connectivity index is 2.06. The molecule has 0 aromatic heterocycles. The van der Waals surface area contributed by atoms with Crippen molar-refractivity contribution in [2.75, 3.05) is 0 Å². The van der Waals surface area contributed by atoms with Gasteiger partial charge >= 0.3 is 0 Å². The number of dihydropyridines is 1. The minimum Gasteiger partial charge on any atom is -0.374 e. The Morgan fingerprint density at radius 1 is 1.19 bits per heavy atom. The van der Waals surface area contributed by atoms with E-state index in [2.05, 4.69) is 48.3 Å². The second kappa shape index (κ2) is 3.75. The van der Waals surface area contributed by atoms with Gasteiger partial charge in [-0.2, -0.15) is 12.6 Å². The van der Waals surface area contributed by atoms with Gasteiger partial charge in [-0.05, 0) is 29.4 Å². The van der Waals surface area contributed by atoms with Crippen molar-refractivity contribution in [1.82, 2.24) is 5.32 Å². The van der Waals surface area contributed by atoms with Gasteiger partial charge in [-0.3, -0.25) is 0 Å². The second-order valence-electron chi connectivity index (χ2n) is 4.02. The molecule has 3 aliphatic rings. The lowest BCUT2D eigenvalue weighted by Crippen LogP contribution is -2.35. The van der Waals surface area contributed by atoms with Crippen molar-refractivity contribution in [3.8, 4) is 0 Å². The molecule has 2 aliphatic carbocycles. The summed E-state index contributed by atoms with van der Waals surface area (Å²) < 4.78 is 0. The fourth-order valence-corrected chi connectivity index (χ4v) is 2.61. The maximum absolute atomic E-state index is 5.26. The van der Waals surface area contributed by atoms with Crippen molar-refractivity contribution in [3.63, 3.8) is 0 Å². The van der Waals surface area contributed by atoms with Crippen molar-refractivity contribution in [3.05, 3.63) is 59.4 Å². The van der Waals surface area contributed by atoms with Crippen LogP contribution >= 0.6 is 24.8 Å². The van der Waals surface area contributed by atoms with E-state index in [9.17, 15) is 0 Å². The van der Waals surface area contributed by atoms with E-state index in [1.165, 1.54) is 11.1 Å². The molecule has 16 heavy (non-hydrogen) atoms. The highest BCUT2D eigenvalue weighted by Crippen LogP contribution is 2.29. The first kappa shape index (κ1) is 10.1. The molecular formula is C13H11NS2. The Labute approximate surface area is 106 Å². The molecule has 1 N–H and O–H groups in total. The molecule has 1 nitrogen and oxygen atoms in total. The van der Waals surface area contributed by atoms with Crippen molar-refractivity contribution in [2.45, 2.75) is 11.3 Å². The van der Waals surface area contributed by atoms with Crippen LogP contribution in [0.4, 0.5) is 0 Å². The maximum Gasteiger partial charge on any atom is 0.0701 e. The molecule has 1 aliphatic heterocycles. The summed E-state index contributed by atoms with van der Waals surface area (Å²) in [5, 5.41) is 3.52. The molecule has 0 aromatic rings. The number of hydrogen-bond donors (Lipinski definition) is 2. The molecule has 0 radical (unpaired) electrons. The fraction of sp³-hybridized carbons (Fsp3) is 0.154. The van der Waals surface area contributed by atoms with Gasteiger partial charge in [-0.25, -0.2) is 0 Å². The third kappa shape index (κ3) is 1.51. The smallest absolute Gasteiger partial charge is 0.0701 e. The Bertz CT molecular complexity index is 506. The molecule has 0 spiro atoms. The number of nitrogens with one attached hydrogen (secondary N) is 1. The van der Waals surface area contributed by atoms with Gasteiger partial charge in [0.15, 0.2) is 0 Å². The molecule has 0 bridgehead atoms. The summed E-state index contributed by atoms with van der Waals surface area (Å²) in [4.78, 5) is 0.884. The van der Waals surface area contributed by atoms with E-state index in [0.717, 1.165) is 10.6 Å². The summed E-state index contributed by atoms with van der Waals surface area (Å²) in [7, 11) is 0. The largest absolute Gasteiger partial charge is 0.374 e. The first-order chi connectivity index (χ1) is 7.75. The molecule has 3 rings (SSSR count). The summed E-state index contributed by atoms with van der Waals surface area (Å²) in [5.74, 6) is 0. The van der Waals surface area contributed by atoms with E-state index in [0.29, 0.717) is 6.04 Å². The van der Waals surface area contributed by atoms with Crippen molar-refractivity contribution >= 4 is 29.7 Å². The van der Waals surface area contributed by atoms with Gasteiger partial charge in [-0.1, -0.05) is 36.5 Å². The van der Waals surface area contributed by atoms with Crippen LogP contribution in [0.5, 0.6) is 0 Å². The van der Waals surface area contributed by atoms with Crippen LogP contribution in [-0.4, -0.2) is 16.2 Å². The average Bonchev–Trinajstić information content (AvgIpc) is 2.32. The average molecular weight is 245 g/mol. The quantitative estimate of drug-likeness (QED) is 0.502. The molecule has 2 unspecified atom stereocenters. The Hall–Kier alpha value is -1.06. The molecule has 0 saturated carbocycles. The molecule has 1 heterocycles. The molecule has 0 fully saturated rings. The fourth-order valence-electron chi connectivity index (χ4n) is 2.11. The second-order valence-corrected chi connectivity index (χ2v) is 5.01. The lowest BCUT2D eigenvalue weighted by Gasteiger charge is -2.31. The van der Waals surface area contributed by atoms with Gasteiger partial charge in [0.2, 0.25) is 0 Å². The third-order valence-electron chi connectivity index (χ3n) is 2.98. The number of fused-ring (bicyclic) bond motifs is 1. The third-order valence-corrected chi connectivity index (χ3v) is 4.09. The van der Waals surface area contributed by atoms with Gasteiger partial charge in [0, 0.05) is 10.6 Å². The standard InChI is InChI=1S/C13H11NS2/c15-12-6-5-11-9(13(12)16)7-8-3-1-2-4-10(8)14-11/h1-7,10,13-14,16H. The summed E-state index contributed by atoms with van der Waals surface area (Å²) in [6, 6.07) is 0.292. The van der Waals surface area contributed by atoms with Gasteiger partial charge in [0.1, 0.15) is 0 Å². The topological polar surface area (TPSA) is 12.0 Å². The first-order valence-corrected chi connectivity index (χ1v) is 6.15. The van der Waals surface area contributed by atoms with E-state index in [-0.39, 0.29) is 5.25 Å². The van der Waals surface area contributed by atoms with E-state index in [1.807, 2.05) is 12.2 Å². The highest BCUT2D eigenvalue weighted by molar-refractivity contribution is 7.87. The van der Waals surface area contributed by atoms with Crippen LogP contribution in [0.1, 0.15) is 0 Å². The van der Waals surface area contributed by atoms with Crippen molar-refractivity contribution < 1.29 is 0 Å². The first-order valence-electron chi connectivity index (χ1n) is 5.23. The molecule has 0 saturated heterocycles. The number of thiocarbonyl (C=S) groups is 1. The number of rotatable bonds is 0. The van der Waals surface area contributed by atoms with E-state index < -0.39 is 0 Å². The lowest BCUT2D eigenvalue weighted by atomic mass is 9.90. The summed E-state index contributed by atoms with van der Waals surface area (Å²) in [6.45, 7) is 0. The summed E-state index contributed by atoms with van der Waals surface area (Å²) in [6.07, 6.45) is 14.6. The lowest BCUT2D eigenvalue weighted by molar-refractivity contribution is 0.750. The Kier molecular flexibility index (Phi) is 2.37. The highest BCUT2D eigenvalue weighted by Gasteiger charge is 2.26. The SMILES string of the molecule is S=C1C=CC2=C(C=C3C=CC=CC3N2)C1S. The van der Waals surface area contributed by atoms with Crippen molar-refractivity contribution in [1.29, 1.82) is 0 Å². The number of thiol groups is 1. The van der Waals surface area contributed by atoms with E-state index >= 15 is 0 Å². The molecule has 2 atom stereocenters. The van der Waals surface area contributed by atoms with Crippen LogP contribution in [0.25, 0.3) is 0 Å². The van der Waals surface area contributed by atoms with Crippen LogP contribution in [-0.2, 0) is 0 Å². The predicted molar refractivity (Wildman–Crippen MR) is 74.8 cm³/mol. The van der Waals surface area contributed by atoms with Gasteiger partial charge in [0.25, 0.3) is 0 Å². The van der Waals surface area contributed by atoms with Crippen LogP contribution in [0.2, 0.25) is 0 Å². The van der Waals surface area contributed by atoms with Crippen LogP contribution in [0.15, 0.2) is 59.4 Å². The molecule has 0 amide bonds. The maximum atomic E-state index is 5.26. The zero-order chi connectivity index (χ0) is 11.1. The zero-order valence-electron chi connectivity index (χ0n) is 8.55. The summed E-state index contributed by atoms with van der Waals surface area (Å²) >= 11 is 9.81. The normalized spacial score (nSPS) is 30.8. The minimum atomic E-state index is 0.0373. The minimum absolute atomic E-state index is 0.0373. The van der Waals surface area contributed by atoms with E-state index in [4.69, 9.17) is 12.2 Å². The van der Waals surface area contributed by atoms with Gasteiger partial charge < -0.3 is 5.32 Å². The number of allylic oxidation sites excluding steroid dienone is 5. The highest BCUT2D eigenvalue weighted by atomic mass is 32.1. The van der Waals surface area contributed by atoms with Crippen molar-refractivity contribution in [2.24, 2.45) is 0 Å². The Morgan fingerprint density at radius 3 is 2.94 bits per heavy atom. The predicted octanol–water partition coefficient (Wildman–Crippen LogP) is 2.50. The number of hydrogen-bond acceptors (Lipinski definition) is 3. The van der Waals surface area contributed by atoms with Crippen LogP contribution in [0, 0.1) is 0 Å². The molecular weight excluding hydrogens is 234 g/mol. The van der Waals surface area contributed by atoms with E-state index in [1.54, 1.807) is 0 Å². The molecule has 3 heteroatoms. The van der Waals surface area contributed by atoms with Crippen LogP contribution < -0.4 is 5.32 Å². The molecule has 80 valence electrons. The van der Waals surface area contributed by atoms with Crippen LogP contribution in [0.3, 0.4) is 0 Å². The zero-order valence-corrected chi connectivity index (χ0v) is 10.3.